The number of anilines is 1. The van der Waals surface area contributed by atoms with Crippen molar-refractivity contribution in [2.24, 2.45) is 0 Å². The van der Waals surface area contributed by atoms with Gasteiger partial charge >= 0.3 is 0 Å². The molecule has 2 aromatic rings. The van der Waals surface area contributed by atoms with E-state index < -0.39 is 0 Å². The molecule has 2 rings (SSSR count). The molecule has 5 heteroatoms. The summed E-state index contributed by atoms with van der Waals surface area (Å²) < 4.78 is 2.00. The van der Waals surface area contributed by atoms with Crippen LogP contribution in [0, 0.1) is 11.3 Å². The molecular formula is C14H16N4S. The van der Waals surface area contributed by atoms with Crippen LogP contribution in [-0.2, 0) is 6.54 Å². The number of thioether (sulfide) groups is 1. The van der Waals surface area contributed by atoms with Crippen LogP contribution in [0.15, 0.2) is 41.8 Å². The molecule has 0 aliphatic carbocycles. The molecule has 0 saturated carbocycles. The Morgan fingerprint density at radius 1 is 1.47 bits per heavy atom. The lowest BCUT2D eigenvalue weighted by atomic mass is 10.2. The fourth-order valence-electron chi connectivity index (χ4n) is 1.81. The topological polar surface area (TPSA) is 53.6 Å². The summed E-state index contributed by atoms with van der Waals surface area (Å²) in [6.45, 7) is 3.69. The highest BCUT2D eigenvalue weighted by molar-refractivity contribution is 7.99. The van der Waals surface area contributed by atoms with Gasteiger partial charge in [-0.2, -0.15) is 5.26 Å². The lowest BCUT2D eigenvalue weighted by Crippen LogP contribution is -2.10. The molecule has 19 heavy (non-hydrogen) atoms. The van der Waals surface area contributed by atoms with Crippen LogP contribution in [-0.4, -0.2) is 21.8 Å². The lowest BCUT2D eigenvalue weighted by Gasteiger charge is -2.11. The molecule has 0 fully saturated rings. The van der Waals surface area contributed by atoms with E-state index in [4.69, 9.17) is 0 Å². The first-order chi connectivity index (χ1) is 9.35. The number of rotatable bonds is 6. The molecule has 0 atom stereocenters. The van der Waals surface area contributed by atoms with E-state index in [1.807, 2.05) is 29.0 Å². The van der Waals surface area contributed by atoms with Gasteiger partial charge < -0.3 is 9.88 Å². The second-order valence-electron chi connectivity index (χ2n) is 3.95. The summed E-state index contributed by atoms with van der Waals surface area (Å²) in [6.07, 6.45) is 5.48. The molecule has 0 spiro atoms. The van der Waals surface area contributed by atoms with Crippen molar-refractivity contribution in [3.8, 4) is 6.07 Å². The number of nitrogens with zero attached hydrogens (tertiary/aromatic N) is 3. The van der Waals surface area contributed by atoms with Gasteiger partial charge in [-0.1, -0.05) is 13.0 Å². The predicted octanol–water partition coefficient (Wildman–Crippen LogP) is 2.98. The number of nitrogens with one attached hydrogen (secondary N) is 1. The maximum atomic E-state index is 9.29. The summed E-state index contributed by atoms with van der Waals surface area (Å²) in [5, 5.41) is 12.6. The van der Waals surface area contributed by atoms with Gasteiger partial charge in [-0.3, -0.25) is 0 Å². The van der Waals surface area contributed by atoms with Gasteiger partial charge in [0, 0.05) is 30.4 Å². The van der Waals surface area contributed by atoms with E-state index in [2.05, 4.69) is 23.3 Å². The van der Waals surface area contributed by atoms with Crippen molar-refractivity contribution < 1.29 is 0 Å². The van der Waals surface area contributed by atoms with Gasteiger partial charge in [0.05, 0.1) is 17.6 Å². The average molecular weight is 272 g/mol. The van der Waals surface area contributed by atoms with E-state index in [0.29, 0.717) is 0 Å². The van der Waals surface area contributed by atoms with E-state index >= 15 is 0 Å². The Hall–Kier alpha value is -1.93. The summed E-state index contributed by atoms with van der Waals surface area (Å²) in [6, 6.07) is 8.22. The fraction of sp³-hybridized carbons (Fsp3) is 0.286. The third-order valence-corrected chi connectivity index (χ3v) is 3.62. The van der Waals surface area contributed by atoms with Gasteiger partial charge in [0.25, 0.3) is 0 Å². The minimum atomic E-state index is 0.736. The van der Waals surface area contributed by atoms with E-state index in [1.54, 1.807) is 24.3 Å². The number of nitriles is 1. The largest absolute Gasteiger partial charge is 0.382 e. The summed E-state index contributed by atoms with van der Waals surface area (Å²) in [5.74, 6) is 0.965. The molecule has 1 N–H and O–H groups in total. The van der Waals surface area contributed by atoms with Crippen LogP contribution in [0.1, 0.15) is 12.5 Å². The second-order valence-corrected chi connectivity index (χ2v) is 5.26. The smallest absolute Gasteiger partial charge is 0.102 e. The Bertz CT molecular complexity index is 557. The molecule has 0 unspecified atom stereocenters. The summed E-state index contributed by atoms with van der Waals surface area (Å²) in [4.78, 5) is 5.04. The van der Waals surface area contributed by atoms with Crippen LogP contribution in [0.4, 0.5) is 5.69 Å². The zero-order valence-electron chi connectivity index (χ0n) is 10.8. The Balaban J connectivity index is 2.03. The highest BCUT2D eigenvalue weighted by Crippen LogP contribution is 2.27. The molecule has 1 aromatic heterocycles. The van der Waals surface area contributed by atoms with E-state index in [0.717, 1.165) is 35.0 Å². The summed E-state index contributed by atoms with van der Waals surface area (Å²) in [5.41, 5.74) is 1.64. The first-order valence-electron chi connectivity index (χ1n) is 6.20. The molecule has 4 nitrogen and oxygen atoms in total. The van der Waals surface area contributed by atoms with Gasteiger partial charge in [-0.15, -0.1) is 11.8 Å². The number of imidazole rings is 1. The molecule has 0 radical (unpaired) electrons. The van der Waals surface area contributed by atoms with E-state index in [-0.39, 0.29) is 0 Å². The molecule has 0 aliphatic rings. The Labute approximate surface area is 117 Å². The Morgan fingerprint density at radius 2 is 2.37 bits per heavy atom. The van der Waals surface area contributed by atoms with Crippen molar-refractivity contribution in [1.82, 2.24) is 9.55 Å². The van der Waals surface area contributed by atoms with Gasteiger partial charge in [0.1, 0.15) is 6.07 Å². The molecule has 98 valence electrons. The first-order valence-corrected chi connectivity index (χ1v) is 7.19. The first kappa shape index (κ1) is 13.5. The normalized spacial score (nSPS) is 10.1. The fourth-order valence-corrected chi connectivity index (χ4v) is 2.59. The molecule has 1 heterocycles. The minimum absolute atomic E-state index is 0.736. The number of hydrogen-bond acceptors (Lipinski definition) is 4. The van der Waals surface area contributed by atoms with Gasteiger partial charge in [-0.25, -0.2) is 4.98 Å². The Morgan fingerprint density at radius 3 is 3.05 bits per heavy atom. The van der Waals surface area contributed by atoms with Crippen LogP contribution >= 0.6 is 11.8 Å². The number of hydrogen-bond donors (Lipinski definition) is 1. The summed E-state index contributed by atoms with van der Waals surface area (Å²) >= 11 is 1.69. The van der Waals surface area contributed by atoms with Crippen LogP contribution in [0.25, 0.3) is 0 Å². The van der Waals surface area contributed by atoms with Crippen molar-refractivity contribution in [3.63, 3.8) is 0 Å². The molecule has 0 amide bonds. The second kappa shape index (κ2) is 6.86. The predicted molar refractivity (Wildman–Crippen MR) is 78.3 cm³/mol. The monoisotopic (exact) mass is 272 g/mol. The van der Waals surface area contributed by atoms with Crippen molar-refractivity contribution in [2.45, 2.75) is 18.4 Å². The molecular weight excluding hydrogens is 256 g/mol. The van der Waals surface area contributed by atoms with E-state index in [1.165, 1.54) is 0 Å². The standard InChI is InChI=1S/C14H16N4S/c1-2-19-14-5-3-4-13(12(14)10-15)17-7-9-18-8-6-16-11-18/h3-6,8,11,17H,2,7,9H2,1H3. The SMILES string of the molecule is CCSc1cccc(NCCn2ccnc2)c1C#N. The maximum Gasteiger partial charge on any atom is 0.102 e. The van der Waals surface area contributed by atoms with Crippen LogP contribution in [0.5, 0.6) is 0 Å². The lowest BCUT2D eigenvalue weighted by molar-refractivity contribution is 0.726. The third kappa shape index (κ3) is 3.52. The van der Waals surface area contributed by atoms with Crippen molar-refractivity contribution in [2.75, 3.05) is 17.6 Å². The average Bonchev–Trinajstić information content (AvgIpc) is 2.93. The van der Waals surface area contributed by atoms with Crippen LogP contribution in [0.3, 0.4) is 0 Å². The highest BCUT2D eigenvalue weighted by atomic mass is 32.2. The minimum Gasteiger partial charge on any atom is -0.382 e. The van der Waals surface area contributed by atoms with Crippen LogP contribution < -0.4 is 5.32 Å². The molecule has 1 aromatic carbocycles. The zero-order chi connectivity index (χ0) is 13.5. The molecule has 0 bridgehead atoms. The molecule has 0 aliphatic heterocycles. The van der Waals surface area contributed by atoms with Crippen molar-refractivity contribution in [3.05, 3.63) is 42.5 Å². The summed E-state index contributed by atoms with van der Waals surface area (Å²) in [7, 11) is 0. The number of aromatic nitrogens is 2. The number of benzene rings is 1. The third-order valence-electron chi connectivity index (χ3n) is 2.68. The maximum absolute atomic E-state index is 9.29. The highest BCUT2D eigenvalue weighted by Gasteiger charge is 2.07. The van der Waals surface area contributed by atoms with Crippen molar-refractivity contribution >= 4 is 17.4 Å². The van der Waals surface area contributed by atoms with Crippen LogP contribution in [0.2, 0.25) is 0 Å². The molecule has 0 saturated heterocycles. The van der Waals surface area contributed by atoms with Gasteiger partial charge in [0.2, 0.25) is 0 Å². The van der Waals surface area contributed by atoms with Gasteiger partial charge in [0.15, 0.2) is 0 Å². The Kier molecular flexibility index (Phi) is 4.87. The quantitative estimate of drug-likeness (QED) is 0.821. The van der Waals surface area contributed by atoms with Gasteiger partial charge in [-0.05, 0) is 17.9 Å². The van der Waals surface area contributed by atoms with E-state index in [9.17, 15) is 5.26 Å². The van der Waals surface area contributed by atoms with Crippen molar-refractivity contribution in [1.29, 1.82) is 5.26 Å². The zero-order valence-corrected chi connectivity index (χ0v) is 11.7.